The summed E-state index contributed by atoms with van der Waals surface area (Å²) in [5.41, 5.74) is 1.85. The van der Waals surface area contributed by atoms with Gasteiger partial charge in [0.05, 0.1) is 0 Å². The number of hydrogen-bond acceptors (Lipinski definition) is 2. The van der Waals surface area contributed by atoms with Gasteiger partial charge in [0.1, 0.15) is 0 Å². The van der Waals surface area contributed by atoms with Crippen LogP contribution in [0.5, 0.6) is 0 Å². The molecule has 0 saturated carbocycles. The van der Waals surface area contributed by atoms with E-state index in [1.54, 1.807) is 0 Å². The summed E-state index contributed by atoms with van der Waals surface area (Å²) in [6.07, 6.45) is 1.88. The average Bonchev–Trinajstić information content (AvgIpc) is 2.42. The van der Waals surface area contributed by atoms with Gasteiger partial charge in [-0.25, -0.2) is 4.79 Å². The van der Waals surface area contributed by atoms with E-state index in [0.717, 1.165) is 24.0 Å². The largest absolute Gasteiger partial charge is 0.479 e. The van der Waals surface area contributed by atoms with E-state index in [4.69, 9.17) is 0 Å². The molecule has 0 radical (unpaired) electrons. The molecule has 4 nitrogen and oxygen atoms in total. The topological polar surface area (TPSA) is 57.6 Å². The molecule has 1 heterocycles. The summed E-state index contributed by atoms with van der Waals surface area (Å²) in [4.78, 5) is 25.6. The zero-order valence-corrected chi connectivity index (χ0v) is 12.9. The Kier molecular flexibility index (Phi) is 4.35. The van der Waals surface area contributed by atoms with E-state index in [-0.39, 0.29) is 11.3 Å². The van der Waals surface area contributed by atoms with Crippen molar-refractivity contribution in [3.63, 3.8) is 0 Å². The lowest BCUT2D eigenvalue weighted by Crippen LogP contribution is -2.43. The normalized spacial score (nSPS) is 18.2. The first-order valence-corrected chi connectivity index (χ1v) is 7.40. The van der Waals surface area contributed by atoms with Gasteiger partial charge < -0.3 is 10.0 Å². The fourth-order valence-corrected chi connectivity index (χ4v) is 2.73. The van der Waals surface area contributed by atoms with Gasteiger partial charge in [-0.3, -0.25) is 4.79 Å². The van der Waals surface area contributed by atoms with Crippen LogP contribution in [-0.4, -0.2) is 28.4 Å². The maximum absolute atomic E-state index is 12.4. The van der Waals surface area contributed by atoms with Crippen LogP contribution in [0.2, 0.25) is 0 Å². The van der Waals surface area contributed by atoms with Gasteiger partial charge in [0.25, 0.3) is 0 Å². The number of nitrogens with zero attached hydrogens (tertiary/aromatic N) is 1. The molecule has 1 amide bonds. The third-order valence-electron chi connectivity index (χ3n) is 3.93. The molecular formula is C17H23NO3. The zero-order chi connectivity index (χ0) is 15.6. The first kappa shape index (κ1) is 15.5. The van der Waals surface area contributed by atoms with Gasteiger partial charge in [-0.1, -0.05) is 45.0 Å². The second-order valence-electron chi connectivity index (χ2n) is 6.84. The molecule has 0 aromatic heterocycles. The van der Waals surface area contributed by atoms with Gasteiger partial charge in [-0.05, 0) is 29.4 Å². The van der Waals surface area contributed by atoms with Crippen LogP contribution in [0.15, 0.2) is 24.3 Å². The molecule has 1 aliphatic rings. The second kappa shape index (κ2) is 5.88. The maximum atomic E-state index is 12.4. The fraction of sp³-hybridized carbons (Fsp3) is 0.529. The Hall–Kier alpha value is -1.84. The second-order valence-corrected chi connectivity index (χ2v) is 6.84. The average molecular weight is 289 g/mol. The Morgan fingerprint density at radius 2 is 1.95 bits per heavy atom. The van der Waals surface area contributed by atoms with Crippen LogP contribution in [0.25, 0.3) is 0 Å². The van der Waals surface area contributed by atoms with Gasteiger partial charge in [0.15, 0.2) is 6.04 Å². The molecule has 0 fully saturated rings. The molecule has 1 aliphatic heterocycles. The lowest BCUT2D eigenvalue weighted by atomic mass is 9.89. The highest BCUT2D eigenvalue weighted by Crippen LogP contribution is 2.31. The molecule has 21 heavy (non-hydrogen) atoms. The van der Waals surface area contributed by atoms with Gasteiger partial charge in [0.2, 0.25) is 5.91 Å². The monoisotopic (exact) mass is 289 g/mol. The number of carbonyl (C=O) groups excluding carboxylic acids is 1. The Morgan fingerprint density at radius 3 is 2.57 bits per heavy atom. The van der Waals surface area contributed by atoms with Crippen LogP contribution in [0, 0.1) is 5.41 Å². The number of fused-ring (bicyclic) bond motifs is 1. The lowest BCUT2D eigenvalue weighted by molar-refractivity contribution is -0.151. The third kappa shape index (κ3) is 3.63. The molecule has 0 aliphatic carbocycles. The summed E-state index contributed by atoms with van der Waals surface area (Å²) in [7, 11) is 0. The molecule has 2 rings (SSSR count). The third-order valence-corrected chi connectivity index (χ3v) is 3.93. The van der Waals surface area contributed by atoms with Crippen molar-refractivity contribution >= 4 is 11.9 Å². The maximum Gasteiger partial charge on any atom is 0.331 e. The van der Waals surface area contributed by atoms with Crippen LogP contribution in [0.1, 0.15) is 50.8 Å². The number of benzene rings is 1. The number of amides is 1. The predicted octanol–water partition coefficient (Wildman–Crippen LogP) is 3.02. The van der Waals surface area contributed by atoms with Crippen molar-refractivity contribution in [2.75, 3.05) is 6.54 Å². The molecule has 1 atom stereocenters. The summed E-state index contributed by atoms with van der Waals surface area (Å²) in [5.74, 6) is -1.02. The van der Waals surface area contributed by atoms with Gasteiger partial charge in [-0.15, -0.1) is 0 Å². The van der Waals surface area contributed by atoms with Gasteiger partial charge >= 0.3 is 5.97 Å². The summed E-state index contributed by atoms with van der Waals surface area (Å²) >= 11 is 0. The molecule has 1 unspecified atom stereocenters. The highest BCUT2D eigenvalue weighted by atomic mass is 16.4. The van der Waals surface area contributed by atoms with Crippen LogP contribution in [0.4, 0.5) is 0 Å². The lowest BCUT2D eigenvalue weighted by Gasteiger charge is -2.35. The van der Waals surface area contributed by atoms with E-state index >= 15 is 0 Å². The Bertz CT molecular complexity index is 545. The molecule has 114 valence electrons. The molecule has 1 N–H and O–H groups in total. The Balaban J connectivity index is 2.20. The van der Waals surface area contributed by atoms with Crippen molar-refractivity contribution in [2.24, 2.45) is 5.41 Å². The molecule has 1 aromatic rings. The molecular weight excluding hydrogens is 266 g/mol. The van der Waals surface area contributed by atoms with Crippen LogP contribution in [-0.2, 0) is 16.0 Å². The number of aliphatic carboxylic acids is 1. The van der Waals surface area contributed by atoms with Crippen molar-refractivity contribution < 1.29 is 14.7 Å². The SMILES string of the molecule is CC(C)(C)CCC(=O)N1CCc2ccccc2C1C(=O)O. The summed E-state index contributed by atoms with van der Waals surface area (Å²) in [5, 5.41) is 9.54. The molecule has 0 saturated heterocycles. The number of hydrogen-bond donors (Lipinski definition) is 1. The van der Waals surface area contributed by atoms with E-state index in [1.165, 1.54) is 4.90 Å². The zero-order valence-electron chi connectivity index (χ0n) is 12.9. The Morgan fingerprint density at radius 1 is 1.29 bits per heavy atom. The number of rotatable bonds is 3. The van der Waals surface area contributed by atoms with Gasteiger partial charge in [-0.2, -0.15) is 0 Å². The highest BCUT2D eigenvalue weighted by molar-refractivity contribution is 5.85. The van der Waals surface area contributed by atoms with Crippen molar-refractivity contribution in [3.8, 4) is 0 Å². The standard InChI is InChI=1S/C17H23NO3/c1-17(2,3)10-8-14(19)18-11-9-12-6-4-5-7-13(12)15(18)16(20)21/h4-7,15H,8-11H2,1-3H3,(H,20,21). The molecule has 4 heteroatoms. The van der Waals surface area contributed by atoms with Crippen molar-refractivity contribution in [1.82, 2.24) is 4.90 Å². The minimum absolute atomic E-state index is 0.0631. The summed E-state index contributed by atoms with van der Waals surface area (Å²) < 4.78 is 0. The van der Waals surface area contributed by atoms with E-state index in [2.05, 4.69) is 20.8 Å². The summed E-state index contributed by atoms with van der Waals surface area (Å²) in [6.45, 7) is 6.73. The smallest absolute Gasteiger partial charge is 0.331 e. The van der Waals surface area contributed by atoms with Crippen LogP contribution in [0.3, 0.4) is 0 Å². The fourth-order valence-electron chi connectivity index (χ4n) is 2.73. The molecule has 0 bridgehead atoms. The van der Waals surface area contributed by atoms with E-state index in [9.17, 15) is 14.7 Å². The number of carbonyl (C=O) groups is 2. The number of carboxylic acid groups (broad SMARTS) is 1. The first-order chi connectivity index (χ1) is 9.79. The first-order valence-electron chi connectivity index (χ1n) is 7.40. The van der Waals surface area contributed by atoms with E-state index < -0.39 is 12.0 Å². The van der Waals surface area contributed by atoms with Crippen molar-refractivity contribution in [1.29, 1.82) is 0 Å². The quantitative estimate of drug-likeness (QED) is 0.930. The van der Waals surface area contributed by atoms with Gasteiger partial charge in [0, 0.05) is 13.0 Å². The van der Waals surface area contributed by atoms with Crippen LogP contribution >= 0.6 is 0 Å². The summed E-state index contributed by atoms with van der Waals surface area (Å²) in [6, 6.07) is 6.66. The van der Waals surface area contributed by atoms with Crippen molar-refractivity contribution in [3.05, 3.63) is 35.4 Å². The minimum Gasteiger partial charge on any atom is -0.479 e. The molecule has 0 spiro atoms. The minimum atomic E-state index is -0.953. The van der Waals surface area contributed by atoms with Crippen molar-refractivity contribution in [2.45, 2.75) is 46.1 Å². The predicted molar refractivity (Wildman–Crippen MR) is 80.9 cm³/mol. The van der Waals surface area contributed by atoms with E-state index in [1.807, 2.05) is 24.3 Å². The van der Waals surface area contributed by atoms with E-state index in [0.29, 0.717) is 13.0 Å². The Labute approximate surface area is 125 Å². The highest BCUT2D eigenvalue weighted by Gasteiger charge is 2.35. The van der Waals surface area contributed by atoms with Crippen LogP contribution < -0.4 is 0 Å². The molecule has 1 aromatic carbocycles. The number of carboxylic acids is 1.